The summed E-state index contributed by atoms with van der Waals surface area (Å²) in [6, 6.07) is 12.3. The van der Waals surface area contributed by atoms with Gasteiger partial charge in [0, 0.05) is 6.16 Å². The predicted molar refractivity (Wildman–Crippen MR) is 131 cm³/mol. The van der Waals surface area contributed by atoms with Crippen LogP contribution in [0.15, 0.2) is 36.4 Å². The molecular weight excluding hydrogens is 391 g/mol. The van der Waals surface area contributed by atoms with Gasteiger partial charge in [0.15, 0.2) is 0 Å². The van der Waals surface area contributed by atoms with E-state index in [2.05, 4.69) is 48.9 Å². The van der Waals surface area contributed by atoms with Gasteiger partial charge in [0.1, 0.15) is 0 Å². The van der Waals surface area contributed by atoms with Crippen molar-refractivity contribution in [2.24, 2.45) is 11.3 Å². The Kier molecular flexibility index (Phi) is 8.15. The lowest BCUT2D eigenvalue weighted by Gasteiger charge is -2.29. The Hall–Kier alpha value is -1.81. The Morgan fingerprint density at radius 3 is 1.50 bits per heavy atom. The first-order valence-corrected chi connectivity index (χ1v) is 12.6. The molecule has 1 atom stereocenters. The lowest BCUT2D eigenvalue weighted by molar-refractivity contribution is 0.320. The number of rotatable bonds is 9. The van der Waals surface area contributed by atoms with Crippen LogP contribution < -0.4 is 21.2 Å². The highest BCUT2D eigenvalue weighted by atomic mass is 31.2. The minimum Gasteiger partial charge on any atom is -0.314 e. The molecule has 6 heteroatoms. The van der Waals surface area contributed by atoms with Gasteiger partial charge in [-0.05, 0) is 67.7 Å². The topological polar surface area (TPSA) is 65.2 Å². The molecule has 0 bridgehead atoms. The number of benzene rings is 2. The van der Waals surface area contributed by atoms with E-state index in [1.165, 1.54) is 0 Å². The maximum atomic E-state index is 14.0. The van der Waals surface area contributed by atoms with Gasteiger partial charge in [-0.2, -0.15) is 10.4 Å². The van der Waals surface area contributed by atoms with Crippen molar-refractivity contribution < 1.29 is 4.57 Å². The first-order chi connectivity index (χ1) is 13.9. The Morgan fingerprint density at radius 1 is 0.800 bits per heavy atom. The van der Waals surface area contributed by atoms with Crippen LogP contribution in [0.4, 0.5) is 11.4 Å². The molecule has 1 unspecified atom stereocenters. The molecule has 0 fully saturated rings. The summed E-state index contributed by atoms with van der Waals surface area (Å²) in [6.45, 7) is 17.0. The molecule has 5 nitrogen and oxygen atoms in total. The van der Waals surface area contributed by atoms with Crippen LogP contribution in [-0.4, -0.2) is 6.16 Å². The SMILES string of the molecule is Cc1cccc(C)c1NNP(=O)(CC(C)CC(C)(C)C)NNc1c(C)cccc1C. The Bertz CT molecular complexity index is 805. The van der Waals surface area contributed by atoms with Gasteiger partial charge in [0.05, 0.1) is 11.4 Å². The third kappa shape index (κ3) is 7.16. The average Bonchev–Trinajstić information content (AvgIpc) is 2.59. The highest BCUT2D eigenvalue weighted by Gasteiger charge is 2.28. The molecule has 0 saturated carbocycles. The lowest BCUT2D eigenvalue weighted by Crippen LogP contribution is -2.34. The second-order valence-electron chi connectivity index (χ2n) is 9.80. The van der Waals surface area contributed by atoms with Gasteiger partial charge in [-0.15, -0.1) is 0 Å². The first kappa shape index (κ1) is 24.5. The number of hydrogen-bond acceptors (Lipinski definition) is 3. The predicted octanol–water partition coefficient (Wildman–Crippen LogP) is 6.72. The molecule has 2 aromatic rings. The standard InChI is InChI=1S/C24H39N4OP/c1-17(15-24(6,7)8)16-30(29,27-25-22-18(2)11-9-12-19(22)3)28-26-23-20(4)13-10-14-21(23)5/h9-14,17,25-26H,15-16H2,1-8H3,(H2,27,28,29). The Labute approximate surface area is 182 Å². The molecule has 2 aromatic carbocycles. The molecule has 2 rings (SSSR count). The molecule has 166 valence electrons. The van der Waals surface area contributed by atoms with Crippen LogP contribution >= 0.6 is 7.44 Å². The minimum absolute atomic E-state index is 0.185. The zero-order chi connectivity index (χ0) is 22.5. The lowest BCUT2D eigenvalue weighted by atomic mass is 9.86. The van der Waals surface area contributed by atoms with Gasteiger partial charge < -0.3 is 10.9 Å². The maximum Gasteiger partial charge on any atom is 0.245 e. The zero-order valence-corrected chi connectivity index (χ0v) is 20.7. The van der Waals surface area contributed by atoms with Crippen molar-refractivity contribution in [2.75, 3.05) is 17.0 Å². The summed E-state index contributed by atoms with van der Waals surface area (Å²) in [6.07, 6.45) is 1.52. The molecule has 0 aliphatic heterocycles. The van der Waals surface area contributed by atoms with E-state index in [1.807, 2.05) is 64.1 Å². The third-order valence-corrected chi connectivity index (χ3v) is 7.30. The van der Waals surface area contributed by atoms with Crippen molar-refractivity contribution in [3.63, 3.8) is 0 Å². The van der Waals surface area contributed by atoms with Crippen LogP contribution in [0, 0.1) is 39.0 Å². The van der Waals surface area contributed by atoms with Crippen LogP contribution in [-0.2, 0) is 4.57 Å². The van der Waals surface area contributed by atoms with Gasteiger partial charge in [-0.1, -0.05) is 64.1 Å². The van der Waals surface area contributed by atoms with Gasteiger partial charge in [0.2, 0.25) is 7.44 Å². The summed E-state index contributed by atoms with van der Waals surface area (Å²) in [7, 11) is -2.99. The third-order valence-electron chi connectivity index (χ3n) is 5.21. The van der Waals surface area contributed by atoms with Crippen LogP contribution in [0.25, 0.3) is 0 Å². The number of nitrogens with one attached hydrogen (secondary N) is 4. The quantitative estimate of drug-likeness (QED) is 0.263. The average molecular weight is 431 g/mol. The molecule has 0 amide bonds. The van der Waals surface area contributed by atoms with Crippen molar-refractivity contribution in [3.8, 4) is 0 Å². The molecule has 0 saturated heterocycles. The molecule has 30 heavy (non-hydrogen) atoms. The zero-order valence-electron chi connectivity index (χ0n) is 19.8. The van der Waals surface area contributed by atoms with Gasteiger partial charge in [-0.3, -0.25) is 4.57 Å². The van der Waals surface area contributed by atoms with Gasteiger partial charge >= 0.3 is 0 Å². The van der Waals surface area contributed by atoms with E-state index >= 15 is 0 Å². The van der Waals surface area contributed by atoms with Crippen LogP contribution in [0.1, 0.15) is 56.4 Å². The summed E-state index contributed by atoms with van der Waals surface area (Å²) < 4.78 is 14.0. The molecule has 0 aliphatic rings. The molecular formula is C24H39N4OP. The van der Waals surface area contributed by atoms with E-state index in [0.717, 1.165) is 40.0 Å². The largest absolute Gasteiger partial charge is 0.314 e. The van der Waals surface area contributed by atoms with Crippen molar-refractivity contribution in [3.05, 3.63) is 58.7 Å². The highest BCUT2D eigenvalue weighted by Crippen LogP contribution is 2.41. The first-order valence-electron chi connectivity index (χ1n) is 10.7. The number of para-hydroxylation sites is 2. The van der Waals surface area contributed by atoms with Gasteiger partial charge in [-0.25, -0.2) is 0 Å². The van der Waals surface area contributed by atoms with E-state index in [4.69, 9.17) is 0 Å². The summed E-state index contributed by atoms with van der Waals surface area (Å²) >= 11 is 0. The smallest absolute Gasteiger partial charge is 0.245 e. The normalized spacial score (nSPS) is 13.2. The van der Waals surface area contributed by atoms with Crippen LogP contribution in [0.2, 0.25) is 0 Å². The molecule has 0 radical (unpaired) electrons. The summed E-state index contributed by atoms with van der Waals surface area (Å²) in [5.74, 6) is 0.287. The van der Waals surface area contributed by atoms with E-state index in [1.54, 1.807) is 0 Å². The molecule has 0 aromatic heterocycles. The monoisotopic (exact) mass is 430 g/mol. The molecule has 4 N–H and O–H groups in total. The van der Waals surface area contributed by atoms with E-state index in [-0.39, 0.29) is 11.3 Å². The van der Waals surface area contributed by atoms with Crippen molar-refractivity contribution in [1.82, 2.24) is 10.4 Å². The number of aryl methyl sites for hydroxylation is 4. The molecule has 0 spiro atoms. The Balaban J connectivity index is 2.21. The van der Waals surface area contributed by atoms with Crippen molar-refractivity contribution in [2.45, 2.75) is 61.8 Å². The number of anilines is 2. The Morgan fingerprint density at radius 2 is 1.17 bits per heavy atom. The minimum atomic E-state index is -2.99. The summed E-state index contributed by atoms with van der Waals surface area (Å²) in [5, 5.41) is 6.30. The van der Waals surface area contributed by atoms with Crippen molar-refractivity contribution in [1.29, 1.82) is 0 Å². The fourth-order valence-corrected chi connectivity index (χ4v) is 5.81. The fourth-order valence-electron chi connectivity index (χ4n) is 3.98. The van der Waals surface area contributed by atoms with Crippen LogP contribution in [0.3, 0.4) is 0 Å². The van der Waals surface area contributed by atoms with Gasteiger partial charge in [0.25, 0.3) is 0 Å². The number of hydrazine groups is 2. The second kappa shape index (κ2) is 10.00. The summed E-state index contributed by atoms with van der Waals surface area (Å²) in [4.78, 5) is 0. The molecule has 0 aliphatic carbocycles. The van der Waals surface area contributed by atoms with E-state index in [0.29, 0.717) is 6.16 Å². The number of hydrogen-bond donors (Lipinski definition) is 4. The second-order valence-corrected chi connectivity index (χ2v) is 12.1. The maximum absolute atomic E-state index is 14.0. The van der Waals surface area contributed by atoms with Crippen molar-refractivity contribution >= 4 is 18.8 Å². The van der Waals surface area contributed by atoms with E-state index in [9.17, 15) is 4.57 Å². The fraction of sp³-hybridized carbons (Fsp3) is 0.500. The highest BCUT2D eigenvalue weighted by molar-refractivity contribution is 7.59. The molecule has 0 heterocycles. The summed E-state index contributed by atoms with van der Waals surface area (Å²) in [5.41, 5.74) is 13.0. The van der Waals surface area contributed by atoms with E-state index < -0.39 is 7.44 Å². The van der Waals surface area contributed by atoms with Crippen LogP contribution in [0.5, 0.6) is 0 Å².